The zero-order valence-electron chi connectivity index (χ0n) is 31.9. The maximum atomic E-state index is 13.7. The number of carbonyl (C=O) groups is 2. The standard InChI is InChI=1S/C40H59BN8O6/c42-35(43)46-23-3-9-31(48-33(50)27-5-1-7-29(25-27)37-11-17-39(52,18-12-37)19-13-37)54-41-55-32(10-4-24-47-36(44)45)49-34(51)28-6-2-8-30(26-28)38-14-20-40(53,21-15-38)22-16-38/h1-2,5-8,25-26,31-32,41,52-53H,3-4,9-24H2,(H,48,50)(H,49,51)(H4,42,43,46)(H4,44,45,47). The Morgan fingerprint density at radius 2 is 1.02 bits per heavy atom. The third kappa shape index (κ3) is 10.2. The molecule has 2 aromatic rings. The Morgan fingerprint density at radius 3 is 1.36 bits per heavy atom. The van der Waals surface area contributed by atoms with E-state index in [-0.39, 0.29) is 42.2 Å². The number of rotatable bonds is 18. The Morgan fingerprint density at radius 1 is 0.655 bits per heavy atom. The molecule has 4 bridgehead atoms. The van der Waals surface area contributed by atoms with Crippen molar-refractivity contribution >= 4 is 31.4 Å². The lowest BCUT2D eigenvalue weighted by atomic mass is 9.56. The van der Waals surface area contributed by atoms with Gasteiger partial charge in [-0.2, -0.15) is 0 Å². The van der Waals surface area contributed by atoms with Crippen LogP contribution < -0.4 is 32.7 Å². The molecule has 0 heterocycles. The first-order valence-electron chi connectivity index (χ1n) is 20.0. The van der Waals surface area contributed by atoms with E-state index in [1.807, 2.05) is 24.3 Å². The van der Waals surface area contributed by atoms with Crippen molar-refractivity contribution in [2.24, 2.45) is 11.5 Å². The maximum absolute atomic E-state index is 13.7. The van der Waals surface area contributed by atoms with Crippen LogP contribution in [0.2, 0.25) is 0 Å². The third-order valence-corrected chi connectivity index (χ3v) is 12.9. The molecule has 6 aliphatic rings. The Balaban J connectivity index is 1.09. The van der Waals surface area contributed by atoms with Crippen molar-refractivity contribution in [3.05, 3.63) is 70.8 Å². The summed E-state index contributed by atoms with van der Waals surface area (Å²) in [5.41, 5.74) is 13.1. The van der Waals surface area contributed by atoms with Gasteiger partial charge in [-0.25, -0.2) is 0 Å². The van der Waals surface area contributed by atoms with Crippen LogP contribution in [0.3, 0.4) is 0 Å². The monoisotopic (exact) mass is 758 g/mol. The number of nitrogens with two attached hydrogens (primary N) is 2. The molecular weight excluding hydrogens is 699 g/mol. The molecule has 0 radical (unpaired) electrons. The van der Waals surface area contributed by atoms with Crippen LogP contribution in [0.4, 0.5) is 0 Å². The molecule has 0 spiro atoms. The number of nitrogens with one attached hydrogen (secondary N) is 6. The molecule has 6 fully saturated rings. The highest BCUT2D eigenvalue weighted by Crippen LogP contribution is 2.54. The molecule has 14 nitrogen and oxygen atoms in total. The van der Waals surface area contributed by atoms with Crippen molar-refractivity contribution in [1.82, 2.24) is 21.3 Å². The minimum atomic E-state index is -0.738. The molecule has 2 atom stereocenters. The van der Waals surface area contributed by atoms with E-state index in [0.717, 1.165) is 88.2 Å². The first-order chi connectivity index (χ1) is 26.3. The second kappa shape index (κ2) is 17.3. The zero-order chi connectivity index (χ0) is 39.1. The summed E-state index contributed by atoms with van der Waals surface area (Å²) in [5.74, 6) is -0.854. The van der Waals surface area contributed by atoms with E-state index in [0.29, 0.717) is 49.9 Å². The van der Waals surface area contributed by atoms with Crippen LogP contribution in [0.15, 0.2) is 48.5 Å². The lowest BCUT2D eigenvalue weighted by Gasteiger charge is -2.51. The average Bonchev–Trinajstić information content (AvgIpc) is 3.18. The fourth-order valence-electron chi connectivity index (χ4n) is 9.26. The van der Waals surface area contributed by atoms with Gasteiger partial charge >= 0.3 is 7.69 Å². The van der Waals surface area contributed by atoms with Crippen LogP contribution in [0, 0.1) is 10.8 Å². The molecule has 2 unspecified atom stereocenters. The summed E-state index contributed by atoms with van der Waals surface area (Å²) in [6.45, 7) is 0.832. The summed E-state index contributed by atoms with van der Waals surface area (Å²) in [4.78, 5) is 27.3. The highest BCUT2D eigenvalue weighted by atomic mass is 16.6. The van der Waals surface area contributed by atoms with Crippen molar-refractivity contribution in [2.75, 3.05) is 13.1 Å². The van der Waals surface area contributed by atoms with Gasteiger partial charge in [-0.15, -0.1) is 0 Å². The van der Waals surface area contributed by atoms with Crippen molar-refractivity contribution < 1.29 is 29.1 Å². The van der Waals surface area contributed by atoms with E-state index in [1.54, 1.807) is 12.1 Å². The van der Waals surface area contributed by atoms with Crippen molar-refractivity contribution in [1.29, 1.82) is 10.8 Å². The second-order valence-electron chi connectivity index (χ2n) is 16.5. The lowest BCUT2D eigenvalue weighted by molar-refractivity contribution is -0.0662. The molecule has 0 saturated heterocycles. The molecule has 15 heteroatoms. The van der Waals surface area contributed by atoms with Crippen LogP contribution >= 0.6 is 0 Å². The van der Waals surface area contributed by atoms with Crippen LogP contribution in [-0.4, -0.2) is 78.4 Å². The molecule has 8 rings (SSSR count). The molecule has 6 saturated carbocycles. The van der Waals surface area contributed by atoms with Gasteiger partial charge in [0.15, 0.2) is 11.9 Å². The highest BCUT2D eigenvalue weighted by molar-refractivity contribution is 6.18. The van der Waals surface area contributed by atoms with E-state index in [2.05, 4.69) is 33.4 Å². The number of amides is 2. The van der Waals surface area contributed by atoms with Crippen LogP contribution in [0.25, 0.3) is 0 Å². The number of fused-ring (bicyclic) bond motifs is 6. The van der Waals surface area contributed by atoms with Gasteiger partial charge in [-0.3, -0.25) is 20.4 Å². The van der Waals surface area contributed by atoms with Crippen molar-refractivity contribution in [3.8, 4) is 0 Å². The molecule has 298 valence electrons. The van der Waals surface area contributed by atoms with Crippen molar-refractivity contribution in [3.63, 3.8) is 0 Å². The van der Waals surface area contributed by atoms with E-state index < -0.39 is 23.7 Å². The first-order valence-corrected chi connectivity index (χ1v) is 20.0. The molecule has 6 aliphatic carbocycles. The fourth-order valence-corrected chi connectivity index (χ4v) is 9.26. The third-order valence-electron chi connectivity index (χ3n) is 12.9. The largest absolute Gasteiger partial charge is 0.441 e. The SMILES string of the molecule is N=C(N)NCCCC(NC(=O)c1cccc(C23CCC(O)(CC2)CC3)c1)OBOC(CCCNC(=N)N)NC(=O)c1cccc(C23CCC(O)(CC2)CC3)c1. The summed E-state index contributed by atoms with van der Waals surface area (Å²) in [6, 6.07) is 15.5. The van der Waals surface area contributed by atoms with E-state index in [4.69, 9.17) is 31.6 Å². The zero-order valence-corrected chi connectivity index (χ0v) is 31.9. The second-order valence-corrected chi connectivity index (χ2v) is 16.5. The molecule has 2 aromatic carbocycles. The van der Waals surface area contributed by atoms with Crippen LogP contribution in [-0.2, 0) is 20.1 Å². The smallest absolute Gasteiger partial charge is 0.393 e. The topological polar surface area (TPSA) is 241 Å². The van der Waals surface area contributed by atoms with Gasteiger partial charge < -0.3 is 52.3 Å². The summed E-state index contributed by atoms with van der Waals surface area (Å²) in [6.07, 6.45) is 10.5. The number of hydrogen-bond acceptors (Lipinski definition) is 8. The quantitative estimate of drug-likeness (QED) is 0.0351. The number of benzene rings is 2. The number of guanidine groups is 2. The molecule has 2 amide bonds. The maximum Gasteiger partial charge on any atom is 0.441 e. The summed E-state index contributed by atoms with van der Waals surface area (Å²) in [5, 5.41) is 48.0. The summed E-state index contributed by atoms with van der Waals surface area (Å²) >= 11 is 0. The Labute approximate surface area is 324 Å². The summed E-state index contributed by atoms with van der Waals surface area (Å²) in [7, 11) is -0.228. The van der Waals surface area contributed by atoms with Gasteiger partial charge in [0.2, 0.25) is 0 Å². The van der Waals surface area contributed by atoms with Gasteiger partial charge in [0.1, 0.15) is 12.5 Å². The van der Waals surface area contributed by atoms with Crippen LogP contribution in [0.1, 0.15) is 135 Å². The number of carbonyl (C=O) groups excluding carboxylic acids is 2. The van der Waals surface area contributed by atoms with Crippen LogP contribution in [0.5, 0.6) is 0 Å². The van der Waals surface area contributed by atoms with E-state index in [9.17, 15) is 19.8 Å². The van der Waals surface area contributed by atoms with Gasteiger partial charge in [0, 0.05) is 24.2 Å². The van der Waals surface area contributed by atoms with Gasteiger partial charge in [-0.1, -0.05) is 24.3 Å². The molecule has 0 aliphatic heterocycles. The number of hydrogen-bond donors (Lipinski definition) is 10. The van der Waals surface area contributed by atoms with E-state index >= 15 is 0 Å². The molecule has 0 aromatic heterocycles. The van der Waals surface area contributed by atoms with Gasteiger partial charge in [-0.05, 0) is 149 Å². The average molecular weight is 759 g/mol. The minimum absolute atomic E-state index is 0.0258. The highest BCUT2D eigenvalue weighted by Gasteiger charge is 2.49. The fraction of sp³-hybridized carbons (Fsp3) is 0.600. The Bertz CT molecular complexity index is 1540. The minimum Gasteiger partial charge on any atom is -0.393 e. The van der Waals surface area contributed by atoms with Gasteiger partial charge in [0.05, 0.1) is 11.2 Å². The molecule has 12 N–H and O–H groups in total. The predicted molar refractivity (Wildman–Crippen MR) is 212 cm³/mol. The lowest BCUT2D eigenvalue weighted by Crippen LogP contribution is -2.48. The normalized spacial score (nSPS) is 27.7. The molecule has 55 heavy (non-hydrogen) atoms. The Hall–Kier alpha value is -4.18. The first kappa shape index (κ1) is 40.5. The Kier molecular flexibility index (Phi) is 12.7. The van der Waals surface area contributed by atoms with E-state index in [1.165, 1.54) is 0 Å². The number of aliphatic hydroxyl groups is 2. The predicted octanol–water partition coefficient (Wildman–Crippen LogP) is 3.00. The van der Waals surface area contributed by atoms with Crippen molar-refractivity contribution in [2.45, 2.75) is 137 Å². The van der Waals surface area contributed by atoms with Gasteiger partial charge in [0.25, 0.3) is 11.8 Å². The summed E-state index contributed by atoms with van der Waals surface area (Å²) < 4.78 is 12.2. The molecular formula is C40H59BN8O6.